The van der Waals surface area contributed by atoms with Crippen LogP contribution in [0, 0.1) is 0 Å². The Morgan fingerprint density at radius 2 is 1.76 bits per heavy atom. The third-order valence-corrected chi connectivity index (χ3v) is 4.75. The number of hydrogen-bond donors (Lipinski definition) is 2. The fourth-order valence-electron chi connectivity index (χ4n) is 3.16. The lowest BCUT2D eigenvalue weighted by atomic mass is 10.1. The van der Waals surface area contributed by atoms with E-state index in [9.17, 15) is 4.79 Å². The van der Waals surface area contributed by atoms with Gasteiger partial charge >= 0.3 is 0 Å². The molecule has 0 aliphatic carbocycles. The third kappa shape index (κ3) is 4.04. The highest BCUT2D eigenvalue weighted by atomic mass is 16.1. The summed E-state index contributed by atoms with van der Waals surface area (Å²) in [5.74, 6) is -0.139. The summed E-state index contributed by atoms with van der Waals surface area (Å²) in [5.41, 5.74) is 5.12. The minimum Gasteiger partial charge on any atom is -0.378 e. The average Bonchev–Trinajstić information content (AvgIpc) is 3.16. The van der Waals surface area contributed by atoms with E-state index in [-0.39, 0.29) is 5.91 Å². The third-order valence-electron chi connectivity index (χ3n) is 4.75. The van der Waals surface area contributed by atoms with Crippen LogP contribution in [0.4, 0.5) is 11.4 Å². The summed E-state index contributed by atoms with van der Waals surface area (Å²) in [6.07, 6.45) is 3.92. The van der Waals surface area contributed by atoms with Crippen molar-refractivity contribution in [3.05, 3.63) is 89.6 Å². The van der Waals surface area contributed by atoms with Gasteiger partial charge in [-0.2, -0.15) is 5.10 Å². The Balaban J connectivity index is 1.58. The van der Waals surface area contributed by atoms with Gasteiger partial charge in [0.1, 0.15) is 0 Å². The van der Waals surface area contributed by atoms with E-state index in [0.29, 0.717) is 5.56 Å². The van der Waals surface area contributed by atoms with Gasteiger partial charge in [0.2, 0.25) is 0 Å². The molecular weight excluding hydrogens is 360 g/mol. The zero-order valence-electron chi connectivity index (χ0n) is 16.4. The lowest BCUT2D eigenvalue weighted by Crippen LogP contribution is -2.14. The first-order valence-electron chi connectivity index (χ1n) is 9.41. The summed E-state index contributed by atoms with van der Waals surface area (Å²) >= 11 is 0. The number of fused-ring (bicyclic) bond motifs is 1. The number of amides is 1. The summed E-state index contributed by atoms with van der Waals surface area (Å²) in [6.45, 7) is 0. The number of benzene rings is 3. The fraction of sp³-hybridized carbons (Fsp3) is 0.0833. The van der Waals surface area contributed by atoms with Crippen LogP contribution in [0.5, 0.6) is 0 Å². The molecule has 0 unspecified atom stereocenters. The summed E-state index contributed by atoms with van der Waals surface area (Å²) in [5, 5.41) is 11.5. The maximum absolute atomic E-state index is 12.8. The normalized spacial score (nSPS) is 11.1. The Morgan fingerprint density at radius 3 is 2.62 bits per heavy atom. The van der Waals surface area contributed by atoms with Crippen molar-refractivity contribution in [1.82, 2.24) is 10.2 Å². The van der Waals surface area contributed by atoms with Crippen molar-refractivity contribution in [3.8, 4) is 0 Å². The van der Waals surface area contributed by atoms with Crippen LogP contribution in [0.2, 0.25) is 0 Å². The maximum Gasteiger partial charge on any atom is 0.255 e. The number of carbonyl (C=O) groups excluding carboxylic acids is 1. The van der Waals surface area contributed by atoms with Gasteiger partial charge in [0.25, 0.3) is 5.91 Å². The van der Waals surface area contributed by atoms with Crippen LogP contribution < -0.4 is 10.2 Å². The highest BCUT2D eigenvalue weighted by Gasteiger charge is 2.09. The average molecular weight is 382 g/mol. The molecule has 5 nitrogen and oxygen atoms in total. The summed E-state index contributed by atoms with van der Waals surface area (Å²) < 4.78 is 0. The number of H-pyrrole nitrogens is 1. The van der Waals surface area contributed by atoms with Gasteiger partial charge in [-0.05, 0) is 42.0 Å². The first kappa shape index (κ1) is 18.5. The molecule has 29 heavy (non-hydrogen) atoms. The summed E-state index contributed by atoms with van der Waals surface area (Å²) in [7, 11) is 3.91. The van der Waals surface area contributed by atoms with Crippen LogP contribution >= 0.6 is 0 Å². The second-order valence-corrected chi connectivity index (χ2v) is 6.97. The molecule has 0 saturated carbocycles. The fourth-order valence-corrected chi connectivity index (χ4v) is 3.16. The summed E-state index contributed by atoms with van der Waals surface area (Å²) in [4.78, 5) is 14.8. The highest BCUT2D eigenvalue weighted by Crippen LogP contribution is 2.22. The van der Waals surface area contributed by atoms with Crippen LogP contribution in [0.25, 0.3) is 23.1 Å². The van der Waals surface area contributed by atoms with Crippen molar-refractivity contribution >= 4 is 40.3 Å². The predicted molar refractivity (Wildman–Crippen MR) is 120 cm³/mol. The van der Waals surface area contributed by atoms with E-state index in [1.165, 1.54) is 0 Å². The van der Waals surface area contributed by atoms with E-state index in [4.69, 9.17) is 0 Å². The summed E-state index contributed by atoms with van der Waals surface area (Å²) in [6, 6.07) is 23.3. The zero-order chi connectivity index (χ0) is 20.2. The Kier molecular flexibility index (Phi) is 5.12. The first-order chi connectivity index (χ1) is 14.1. The molecule has 0 aliphatic rings. The quantitative estimate of drug-likeness (QED) is 0.508. The van der Waals surface area contributed by atoms with Crippen molar-refractivity contribution in [2.24, 2.45) is 0 Å². The Hall–Kier alpha value is -3.86. The molecular formula is C24H22N4O. The molecule has 4 aromatic rings. The number of aromatic nitrogens is 2. The van der Waals surface area contributed by atoms with Crippen LogP contribution in [-0.2, 0) is 0 Å². The van der Waals surface area contributed by atoms with Crippen molar-refractivity contribution in [2.45, 2.75) is 0 Å². The molecule has 0 aliphatic heterocycles. The van der Waals surface area contributed by atoms with Gasteiger partial charge in [0, 0.05) is 36.4 Å². The van der Waals surface area contributed by atoms with Gasteiger partial charge < -0.3 is 10.2 Å². The Labute approximate surface area is 169 Å². The van der Waals surface area contributed by atoms with E-state index in [2.05, 4.69) is 15.5 Å². The zero-order valence-corrected chi connectivity index (χ0v) is 16.4. The molecule has 2 N–H and O–H groups in total. The number of nitrogens with one attached hydrogen (secondary N) is 2. The molecule has 5 heteroatoms. The molecule has 0 atom stereocenters. The van der Waals surface area contributed by atoms with Crippen molar-refractivity contribution in [3.63, 3.8) is 0 Å². The smallest absolute Gasteiger partial charge is 0.255 e. The van der Waals surface area contributed by atoms with Crippen molar-refractivity contribution in [2.75, 3.05) is 24.3 Å². The number of anilines is 2. The maximum atomic E-state index is 12.8. The largest absolute Gasteiger partial charge is 0.378 e. The molecule has 144 valence electrons. The molecule has 0 fully saturated rings. The van der Waals surface area contributed by atoms with E-state index < -0.39 is 0 Å². The number of rotatable bonds is 5. The van der Waals surface area contributed by atoms with E-state index in [0.717, 1.165) is 33.5 Å². The standard InChI is InChI=1S/C24H22N4O/c1-28(2)19-10-7-9-18(16-19)24(29)25-21-12-5-3-8-17(21)14-15-23-20-11-4-6-13-22(20)26-27-23/h3-16H,1-2H3,(H,25,29)(H,26,27)/b15-14+. The first-order valence-corrected chi connectivity index (χ1v) is 9.41. The number of carbonyl (C=O) groups is 1. The van der Waals surface area contributed by atoms with Crippen LogP contribution in [-0.4, -0.2) is 30.2 Å². The van der Waals surface area contributed by atoms with Crippen LogP contribution in [0.15, 0.2) is 72.8 Å². The van der Waals surface area contributed by atoms with Gasteiger partial charge in [-0.1, -0.05) is 48.5 Å². The molecule has 0 radical (unpaired) electrons. The number of nitrogens with zero attached hydrogens (tertiary/aromatic N) is 2. The van der Waals surface area contributed by atoms with Gasteiger partial charge in [-0.3, -0.25) is 9.89 Å². The minimum atomic E-state index is -0.139. The van der Waals surface area contributed by atoms with Gasteiger partial charge in [-0.15, -0.1) is 0 Å². The number of para-hydroxylation sites is 2. The van der Waals surface area contributed by atoms with Gasteiger partial charge in [0.15, 0.2) is 0 Å². The predicted octanol–water partition coefficient (Wildman–Crippen LogP) is 5.05. The second kappa shape index (κ2) is 8.02. The van der Waals surface area contributed by atoms with Gasteiger partial charge in [0.05, 0.1) is 11.2 Å². The molecule has 1 aromatic heterocycles. The monoisotopic (exact) mass is 382 g/mol. The van der Waals surface area contributed by atoms with E-state index >= 15 is 0 Å². The molecule has 0 bridgehead atoms. The molecule has 3 aromatic carbocycles. The van der Waals surface area contributed by atoms with E-state index in [1.54, 1.807) is 0 Å². The topological polar surface area (TPSA) is 61.0 Å². The number of hydrogen-bond acceptors (Lipinski definition) is 3. The Morgan fingerprint density at radius 1 is 0.966 bits per heavy atom. The number of aromatic amines is 1. The molecule has 4 rings (SSSR count). The van der Waals surface area contributed by atoms with Crippen LogP contribution in [0.1, 0.15) is 21.6 Å². The Bertz CT molecular complexity index is 1190. The van der Waals surface area contributed by atoms with Crippen molar-refractivity contribution < 1.29 is 4.79 Å². The second-order valence-electron chi connectivity index (χ2n) is 6.97. The lowest BCUT2D eigenvalue weighted by Gasteiger charge is -2.14. The molecule has 0 saturated heterocycles. The van der Waals surface area contributed by atoms with Crippen molar-refractivity contribution in [1.29, 1.82) is 0 Å². The molecule has 1 amide bonds. The molecule has 1 heterocycles. The molecule has 0 spiro atoms. The van der Waals surface area contributed by atoms with Crippen LogP contribution in [0.3, 0.4) is 0 Å². The highest BCUT2D eigenvalue weighted by molar-refractivity contribution is 6.06. The lowest BCUT2D eigenvalue weighted by molar-refractivity contribution is 0.102. The SMILES string of the molecule is CN(C)c1cccc(C(=O)Nc2ccccc2/C=C/c2n[nH]c3ccccc23)c1. The van der Waals surface area contributed by atoms with E-state index in [1.807, 2.05) is 104 Å². The van der Waals surface area contributed by atoms with Gasteiger partial charge in [-0.25, -0.2) is 0 Å². The minimum absolute atomic E-state index is 0.139.